The number of hydrogen-bond acceptors (Lipinski definition) is 2. The summed E-state index contributed by atoms with van der Waals surface area (Å²) in [5.41, 5.74) is 7.41. The first-order valence-electron chi connectivity index (χ1n) is 7.08. The molecule has 0 amide bonds. The zero-order valence-corrected chi connectivity index (χ0v) is 15.0. The van der Waals surface area contributed by atoms with Gasteiger partial charge in [-0.1, -0.05) is 6.07 Å². The van der Waals surface area contributed by atoms with Crippen molar-refractivity contribution in [3.05, 3.63) is 29.6 Å². The van der Waals surface area contributed by atoms with Gasteiger partial charge in [0, 0.05) is 27.2 Å². The lowest BCUT2D eigenvalue weighted by Crippen LogP contribution is -2.40. The van der Waals surface area contributed by atoms with Crippen molar-refractivity contribution in [1.29, 1.82) is 0 Å². The van der Waals surface area contributed by atoms with E-state index in [1.807, 2.05) is 20.2 Å². The maximum atomic E-state index is 13.8. The van der Waals surface area contributed by atoms with Gasteiger partial charge in [-0.3, -0.25) is 0 Å². The summed E-state index contributed by atoms with van der Waals surface area (Å²) in [6.07, 6.45) is 3.60. The van der Waals surface area contributed by atoms with Gasteiger partial charge >= 0.3 is 0 Å². The van der Waals surface area contributed by atoms with E-state index in [4.69, 9.17) is 5.73 Å². The molecule has 1 aliphatic heterocycles. The molecule has 118 valence electrons. The van der Waals surface area contributed by atoms with Crippen LogP contribution in [0.2, 0.25) is 0 Å². The van der Waals surface area contributed by atoms with Gasteiger partial charge in [0.2, 0.25) is 0 Å². The van der Waals surface area contributed by atoms with E-state index in [1.54, 1.807) is 11.0 Å². The summed E-state index contributed by atoms with van der Waals surface area (Å²) in [7, 11) is 3.65. The van der Waals surface area contributed by atoms with E-state index in [0.717, 1.165) is 18.7 Å². The third-order valence-corrected chi connectivity index (χ3v) is 3.60. The average molecular weight is 406 g/mol. The molecule has 0 aromatic heterocycles. The van der Waals surface area contributed by atoms with Crippen molar-refractivity contribution < 1.29 is 4.39 Å². The number of piperidine rings is 1. The van der Waals surface area contributed by atoms with Crippen molar-refractivity contribution in [2.45, 2.75) is 25.8 Å². The minimum absolute atomic E-state index is 0. The minimum atomic E-state index is -0.223. The topological polar surface area (TPSA) is 44.9 Å². The molecule has 1 aromatic carbocycles. The number of anilines is 1. The molecule has 1 heterocycles. The fraction of sp³-hybridized carbons (Fsp3) is 0.533. The van der Waals surface area contributed by atoms with E-state index in [1.165, 1.54) is 25.3 Å². The SMILES string of the molecule is CN(C)c1ccc(CN=C(N)N2CCCCC2)cc1F.I. The molecular weight excluding hydrogens is 382 g/mol. The Morgan fingerprint density at radius 1 is 1.29 bits per heavy atom. The Kier molecular flexibility index (Phi) is 7.21. The standard InChI is InChI=1S/C15H23FN4.HI/c1-19(2)14-7-6-12(10-13(14)16)11-18-15(17)20-8-4-3-5-9-20;/h6-7,10H,3-5,8-9,11H2,1-2H3,(H2,17,18);1H. The van der Waals surface area contributed by atoms with Gasteiger partial charge in [-0.25, -0.2) is 9.38 Å². The summed E-state index contributed by atoms with van der Waals surface area (Å²) in [5.74, 6) is 0.348. The zero-order chi connectivity index (χ0) is 14.5. The number of nitrogens with two attached hydrogens (primary N) is 1. The summed E-state index contributed by atoms with van der Waals surface area (Å²) in [5, 5.41) is 0. The van der Waals surface area contributed by atoms with Gasteiger partial charge in [0.1, 0.15) is 5.82 Å². The van der Waals surface area contributed by atoms with Crippen LogP contribution in [-0.4, -0.2) is 38.0 Å². The molecule has 0 aliphatic carbocycles. The van der Waals surface area contributed by atoms with Gasteiger partial charge in [0.15, 0.2) is 5.96 Å². The predicted octanol–water partition coefficient (Wildman–Crippen LogP) is 2.81. The van der Waals surface area contributed by atoms with Gasteiger partial charge in [0.05, 0.1) is 12.2 Å². The molecule has 2 N–H and O–H groups in total. The van der Waals surface area contributed by atoms with Crippen molar-refractivity contribution >= 4 is 35.6 Å². The summed E-state index contributed by atoms with van der Waals surface area (Å²) >= 11 is 0. The largest absolute Gasteiger partial charge is 0.375 e. The molecule has 4 nitrogen and oxygen atoms in total. The molecule has 1 fully saturated rings. The van der Waals surface area contributed by atoms with E-state index in [0.29, 0.717) is 18.2 Å². The highest BCUT2D eigenvalue weighted by atomic mass is 127. The Morgan fingerprint density at radius 3 is 2.52 bits per heavy atom. The average Bonchev–Trinajstić information content (AvgIpc) is 2.45. The molecule has 2 rings (SSSR count). The van der Waals surface area contributed by atoms with Crippen LogP contribution in [0.25, 0.3) is 0 Å². The van der Waals surface area contributed by atoms with Crippen LogP contribution in [-0.2, 0) is 6.54 Å². The molecule has 0 bridgehead atoms. The molecule has 0 unspecified atom stereocenters. The molecule has 6 heteroatoms. The fourth-order valence-corrected chi connectivity index (χ4v) is 2.41. The highest BCUT2D eigenvalue weighted by Gasteiger charge is 2.12. The van der Waals surface area contributed by atoms with E-state index < -0.39 is 0 Å². The summed E-state index contributed by atoms with van der Waals surface area (Å²) < 4.78 is 13.8. The van der Waals surface area contributed by atoms with Crippen LogP contribution < -0.4 is 10.6 Å². The number of likely N-dealkylation sites (tertiary alicyclic amines) is 1. The first-order valence-corrected chi connectivity index (χ1v) is 7.08. The fourth-order valence-electron chi connectivity index (χ4n) is 2.41. The lowest BCUT2D eigenvalue weighted by Gasteiger charge is -2.27. The molecule has 1 aliphatic rings. The Bertz CT molecular complexity index is 485. The Labute approximate surface area is 143 Å². The second-order valence-electron chi connectivity index (χ2n) is 5.40. The van der Waals surface area contributed by atoms with Crippen LogP contribution in [0.1, 0.15) is 24.8 Å². The van der Waals surface area contributed by atoms with Crippen molar-refractivity contribution in [3.8, 4) is 0 Å². The molecule has 1 saturated heterocycles. The smallest absolute Gasteiger partial charge is 0.191 e. The monoisotopic (exact) mass is 406 g/mol. The molecule has 0 radical (unpaired) electrons. The normalized spacial score (nSPS) is 15.6. The number of hydrogen-bond donors (Lipinski definition) is 1. The summed E-state index contributed by atoms with van der Waals surface area (Å²) in [4.78, 5) is 8.23. The van der Waals surface area contributed by atoms with Crippen LogP contribution >= 0.6 is 24.0 Å². The van der Waals surface area contributed by atoms with Gasteiger partial charge in [-0.2, -0.15) is 0 Å². The number of aliphatic imine (C=N–C) groups is 1. The maximum absolute atomic E-state index is 13.8. The van der Waals surface area contributed by atoms with Gasteiger partial charge in [-0.05, 0) is 37.0 Å². The van der Waals surface area contributed by atoms with Crippen molar-refractivity contribution in [2.24, 2.45) is 10.7 Å². The molecule has 0 saturated carbocycles. The van der Waals surface area contributed by atoms with E-state index in [2.05, 4.69) is 9.89 Å². The van der Waals surface area contributed by atoms with Crippen molar-refractivity contribution in [1.82, 2.24) is 4.90 Å². The summed E-state index contributed by atoms with van der Waals surface area (Å²) in [6, 6.07) is 5.20. The lowest BCUT2D eigenvalue weighted by molar-refractivity contribution is 0.338. The molecule has 1 aromatic rings. The van der Waals surface area contributed by atoms with Crippen LogP contribution in [0.15, 0.2) is 23.2 Å². The van der Waals surface area contributed by atoms with Gasteiger partial charge in [0.25, 0.3) is 0 Å². The second-order valence-corrected chi connectivity index (χ2v) is 5.40. The Hall–Kier alpha value is -1.05. The number of guanidine groups is 1. The van der Waals surface area contributed by atoms with Crippen LogP contribution in [0.5, 0.6) is 0 Å². The van der Waals surface area contributed by atoms with E-state index in [9.17, 15) is 4.39 Å². The number of rotatable bonds is 3. The highest BCUT2D eigenvalue weighted by Crippen LogP contribution is 2.18. The van der Waals surface area contributed by atoms with Crippen LogP contribution in [0.3, 0.4) is 0 Å². The predicted molar refractivity (Wildman–Crippen MR) is 96.9 cm³/mol. The molecular formula is C15H24FIN4. The zero-order valence-electron chi connectivity index (χ0n) is 12.7. The first kappa shape index (κ1) is 18.0. The van der Waals surface area contributed by atoms with Crippen LogP contribution in [0, 0.1) is 5.82 Å². The Balaban J connectivity index is 0.00000220. The summed E-state index contributed by atoms with van der Waals surface area (Å²) in [6.45, 7) is 2.37. The van der Waals surface area contributed by atoms with Gasteiger partial charge in [-0.15, -0.1) is 24.0 Å². The molecule has 21 heavy (non-hydrogen) atoms. The lowest BCUT2D eigenvalue weighted by atomic mass is 10.1. The third-order valence-electron chi connectivity index (χ3n) is 3.60. The van der Waals surface area contributed by atoms with Gasteiger partial charge < -0.3 is 15.5 Å². The molecule has 0 atom stereocenters. The van der Waals surface area contributed by atoms with Crippen molar-refractivity contribution in [2.75, 3.05) is 32.1 Å². The van der Waals surface area contributed by atoms with E-state index in [-0.39, 0.29) is 29.8 Å². The maximum Gasteiger partial charge on any atom is 0.191 e. The quantitative estimate of drug-likeness (QED) is 0.477. The number of benzene rings is 1. The third kappa shape index (κ3) is 5.01. The second kappa shape index (κ2) is 8.41. The Morgan fingerprint density at radius 2 is 1.95 bits per heavy atom. The number of nitrogens with zero attached hydrogens (tertiary/aromatic N) is 3. The molecule has 0 spiro atoms. The van der Waals surface area contributed by atoms with Crippen molar-refractivity contribution in [3.63, 3.8) is 0 Å². The van der Waals surface area contributed by atoms with Crippen LogP contribution in [0.4, 0.5) is 10.1 Å². The highest BCUT2D eigenvalue weighted by molar-refractivity contribution is 14.0. The first-order chi connectivity index (χ1) is 9.58. The minimum Gasteiger partial charge on any atom is -0.375 e. The van der Waals surface area contributed by atoms with E-state index >= 15 is 0 Å². The number of halogens is 2.